The molecule has 2 heteroatoms. The van der Waals surface area contributed by atoms with E-state index in [4.69, 9.17) is 0 Å². The Hall–Kier alpha value is -5.96. The van der Waals surface area contributed by atoms with Crippen LogP contribution in [0.4, 0.5) is 0 Å². The molecule has 48 heavy (non-hydrogen) atoms. The topological polar surface area (TPSA) is 4.93 Å². The minimum Gasteiger partial charge on any atom is -0.309 e. The summed E-state index contributed by atoms with van der Waals surface area (Å²) < 4.78 is 2.38. The van der Waals surface area contributed by atoms with Gasteiger partial charge in [0.25, 0.3) is 0 Å². The van der Waals surface area contributed by atoms with Gasteiger partial charge in [0.1, 0.15) is 0 Å². The van der Waals surface area contributed by atoms with Crippen molar-refractivity contribution in [3.8, 4) is 38.4 Å². The Morgan fingerprint density at radius 3 is 1.56 bits per heavy atom. The Balaban J connectivity index is 1.23. The van der Waals surface area contributed by atoms with Gasteiger partial charge in [0.15, 0.2) is 0 Å². The van der Waals surface area contributed by atoms with Gasteiger partial charge in [0, 0.05) is 26.9 Å². The third-order valence-electron chi connectivity index (χ3n) is 9.89. The summed E-state index contributed by atoms with van der Waals surface area (Å²) in [7, 11) is 0. The van der Waals surface area contributed by atoms with Gasteiger partial charge >= 0.3 is 0 Å². The molecule has 0 atom stereocenters. The van der Waals surface area contributed by atoms with Crippen LogP contribution in [0, 0.1) is 0 Å². The molecule has 0 bridgehead atoms. The van der Waals surface area contributed by atoms with E-state index in [2.05, 4.69) is 180 Å². The zero-order valence-corrected chi connectivity index (χ0v) is 26.9. The number of hydrogen-bond acceptors (Lipinski definition) is 1. The third kappa shape index (κ3) is 4.03. The molecular weight excluding hydrogens is 599 g/mol. The quantitative estimate of drug-likeness (QED) is 0.171. The standard InChI is InChI=1S/C46H29NS/c1-2-13-31(14-3-1)47-42-22-11-10-17-35(42)41-29-30(24-27-43(41)47)32-25-26-40(34-16-5-4-15-33(32)34)45-36-18-6-8-20-38(36)46(44-23-12-28-48-44)39-21-9-7-19-37(39)45/h1-29H. The van der Waals surface area contributed by atoms with Crippen molar-refractivity contribution in [3.63, 3.8) is 0 Å². The fourth-order valence-electron chi connectivity index (χ4n) is 7.87. The van der Waals surface area contributed by atoms with Crippen molar-refractivity contribution >= 4 is 65.5 Å². The van der Waals surface area contributed by atoms with Gasteiger partial charge in [-0.2, -0.15) is 0 Å². The van der Waals surface area contributed by atoms with Crippen molar-refractivity contribution in [1.29, 1.82) is 0 Å². The summed E-state index contributed by atoms with van der Waals surface area (Å²) in [5.41, 5.74) is 9.98. The van der Waals surface area contributed by atoms with Crippen LogP contribution in [0.1, 0.15) is 0 Å². The van der Waals surface area contributed by atoms with Crippen LogP contribution < -0.4 is 0 Å². The first-order valence-corrected chi connectivity index (χ1v) is 17.3. The molecule has 0 saturated carbocycles. The zero-order valence-electron chi connectivity index (χ0n) is 26.1. The minimum atomic E-state index is 1.18. The maximum atomic E-state index is 2.39. The Kier molecular flexibility index (Phi) is 6.12. The van der Waals surface area contributed by atoms with E-state index in [0.717, 1.165) is 0 Å². The molecule has 0 unspecified atom stereocenters. The van der Waals surface area contributed by atoms with Crippen LogP contribution in [0.15, 0.2) is 175 Å². The third-order valence-corrected chi connectivity index (χ3v) is 10.8. The molecule has 10 rings (SSSR count). The van der Waals surface area contributed by atoms with E-state index < -0.39 is 0 Å². The molecule has 0 aliphatic heterocycles. The van der Waals surface area contributed by atoms with E-state index in [-0.39, 0.29) is 0 Å². The first-order chi connectivity index (χ1) is 23.8. The molecule has 8 aromatic carbocycles. The Morgan fingerprint density at radius 2 is 0.896 bits per heavy atom. The second-order valence-corrected chi connectivity index (χ2v) is 13.4. The van der Waals surface area contributed by atoms with Crippen molar-refractivity contribution in [3.05, 3.63) is 175 Å². The number of benzene rings is 8. The van der Waals surface area contributed by atoms with Gasteiger partial charge in [-0.05, 0) is 96.3 Å². The maximum Gasteiger partial charge on any atom is 0.0541 e. The second-order valence-electron chi connectivity index (χ2n) is 12.4. The fraction of sp³-hybridized carbons (Fsp3) is 0. The highest BCUT2D eigenvalue weighted by Crippen LogP contribution is 2.47. The fourth-order valence-corrected chi connectivity index (χ4v) is 8.67. The van der Waals surface area contributed by atoms with E-state index in [9.17, 15) is 0 Å². The predicted molar refractivity (Wildman–Crippen MR) is 207 cm³/mol. The number of nitrogens with zero attached hydrogens (tertiary/aromatic N) is 1. The lowest BCUT2D eigenvalue weighted by molar-refractivity contribution is 1.18. The number of fused-ring (bicyclic) bond motifs is 6. The smallest absolute Gasteiger partial charge is 0.0541 e. The van der Waals surface area contributed by atoms with E-state index in [1.54, 1.807) is 0 Å². The predicted octanol–water partition coefficient (Wildman–Crippen LogP) is 13.3. The molecule has 0 aliphatic carbocycles. The zero-order chi connectivity index (χ0) is 31.6. The maximum absolute atomic E-state index is 2.39. The van der Waals surface area contributed by atoms with Crippen LogP contribution in [0.5, 0.6) is 0 Å². The average Bonchev–Trinajstić information content (AvgIpc) is 3.80. The molecule has 10 aromatic rings. The van der Waals surface area contributed by atoms with Crippen LogP contribution in [-0.4, -0.2) is 4.57 Å². The number of rotatable bonds is 4. The summed E-state index contributed by atoms with van der Waals surface area (Å²) in [6.07, 6.45) is 0. The normalized spacial score (nSPS) is 11.8. The van der Waals surface area contributed by atoms with Crippen LogP contribution in [0.25, 0.3) is 92.5 Å². The monoisotopic (exact) mass is 627 g/mol. The molecule has 0 radical (unpaired) electrons. The van der Waals surface area contributed by atoms with Crippen molar-refractivity contribution < 1.29 is 0 Å². The summed E-state index contributed by atoms with van der Waals surface area (Å²) in [4.78, 5) is 1.30. The summed E-state index contributed by atoms with van der Waals surface area (Å²) in [6, 6.07) is 62.3. The van der Waals surface area contributed by atoms with Gasteiger partial charge < -0.3 is 4.57 Å². The minimum absolute atomic E-state index is 1.18. The van der Waals surface area contributed by atoms with Gasteiger partial charge in [-0.25, -0.2) is 0 Å². The van der Waals surface area contributed by atoms with Gasteiger partial charge in [-0.3, -0.25) is 0 Å². The van der Waals surface area contributed by atoms with E-state index >= 15 is 0 Å². The van der Waals surface area contributed by atoms with Gasteiger partial charge in [0.2, 0.25) is 0 Å². The molecule has 2 heterocycles. The summed E-state index contributed by atoms with van der Waals surface area (Å²) in [6.45, 7) is 0. The largest absolute Gasteiger partial charge is 0.309 e. The highest BCUT2D eigenvalue weighted by atomic mass is 32.1. The lowest BCUT2D eigenvalue weighted by Crippen LogP contribution is -1.93. The molecule has 0 saturated heterocycles. The number of aromatic nitrogens is 1. The van der Waals surface area contributed by atoms with Crippen molar-refractivity contribution in [2.45, 2.75) is 0 Å². The van der Waals surface area contributed by atoms with E-state index in [1.165, 1.54) is 92.5 Å². The number of hydrogen-bond donors (Lipinski definition) is 0. The molecule has 0 aliphatic rings. The van der Waals surface area contributed by atoms with Crippen LogP contribution in [0.2, 0.25) is 0 Å². The molecule has 0 fully saturated rings. The molecule has 224 valence electrons. The highest BCUT2D eigenvalue weighted by Gasteiger charge is 2.20. The summed E-state index contributed by atoms with van der Waals surface area (Å²) in [5, 5.41) is 12.4. The molecule has 0 spiro atoms. The SMILES string of the molecule is c1ccc(-n2c3ccccc3c3cc(-c4ccc(-c5c6ccccc6c(-c6cccs6)c6ccccc56)c5ccccc45)ccc32)cc1. The molecule has 1 nitrogen and oxygen atoms in total. The Bertz CT molecular complexity index is 2770. The van der Waals surface area contributed by atoms with Crippen molar-refractivity contribution in [1.82, 2.24) is 4.57 Å². The van der Waals surface area contributed by atoms with Gasteiger partial charge in [0.05, 0.1) is 11.0 Å². The molecule has 2 aromatic heterocycles. The first-order valence-electron chi connectivity index (χ1n) is 16.4. The lowest BCUT2D eigenvalue weighted by Gasteiger charge is -2.19. The lowest BCUT2D eigenvalue weighted by atomic mass is 9.85. The summed E-state index contributed by atoms with van der Waals surface area (Å²) >= 11 is 1.81. The number of thiophene rings is 1. The highest BCUT2D eigenvalue weighted by molar-refractivity contribution is 7.13. The van der Waals surface area contributed by atoms with Crippen LogP contribution >= 0.6 is 11.3 Å². The van der Waals surface area contributed by atoms with Gasteiger partial charge in [-0.1, -0.05) is 133 Å². The van der Waals surface area contributed by atoms with E-state index in [0.29, 0.717) is 0 Å². The second kappa shape index (κ2) is 10.8. The van der Waals surface area contributed by atoms with Crippen molar-refractivity contribution in [2.75, 3.05) is 0 Å². The number of para-hydroxylation sites is 2. The van der Waals surface area contributed by atoms with E-state index in [1.807, 2.05) is 11.3 Å². The van der Waals surface area contributed by atoms with Gasteiger partial charge in [-0.15, -0.1) is 11.3 Å². The Morgan fingerprint density at radius 1 is 0.354 bits per heavy atom. The van der Waals surface area contributed by atoms with Crippen LogP contribution in [-0.2, 0) is 0 Å². The molecular formula is C46H29NS. The molecule has 0 N–H and O–H groups in total. The summed E-state index contributed by atoms with van der Waals surface area (Å²) in [5.74, 6) is 0. The first kappa shape index (κ1) is 27.2. The Labute approximate surface area is 282 Å². The molecule has 0 amide bonds. The average molecular weight is 628 g/mol. The van der Waals surface area contributed by atoms with Crippen LogP contribution in [0.3, 0.4) is 0 Å². The van der Waals surface area contributed by atoms with Crippen molar-refractivity contribution in [2.24, 2.45) is 0 Å².